The zero-order valence-corrected chi connectivity index (χ0v) is 16.9. The minimum Gasteiger partial charge on any atom is -0.369 e. The monoisotopic (exact) mass is 431 g/mol. The standard InChI is InChI=1S/C18H14ClN5O2S2/c1-10-8-15-14(9-12(10)19)27-18(24-28(15,25)26)23-17(20)22-16-7-6-11-4-2-3-5-13(11)21-16/h2-9H,1H3,(H3,20,21,22,23,24). The Labute approximate surface area is 170 Å². The summed E-state index contributed by atoms with van der Waals surface area (Å²) in [6, 6.07) is 14.4. The third kappa shape index (κ3) is 3.68. The number of rotatable bonds is 1. The van der Waals surface area contributed by atoms with Gasteiger partial charge >= 0.3 is 0 Å². The number of nitrogens with one attached hydrogen (secondary N) is 1. The van der Waals surface area contributed by atoms with Crippen molar-refractivity contribution in [2.24, 2.45) is 15.1 Å². The van der Waals surface area contributed by atoms with Gasteiger partial charge in [-0.05, 0) is 54.6 Å². The van der Waals surface area contributed by atoms with E-state index in [0.29, 0.717) is 21.3 Å². The highest BCUT2D eigenvalue weighted by Gasteiger charge is 2.27. The molecule has 142 valence electrons. The number of para-hydroxylation sites is 1. The Morgan fingerprint density at radius 2 is 2.00 bits per heavy atom. The summed E-state index contributed by atoms with van der Waals surface area (Å²) in [5, 5.41) is 4.31. The topological polar surface area (TPSA) is 110 Å². The number of guanidine groups is 1. The SMILES string of the molecule is Cc1cc2c(cc1Cl)SC(/N=C(/N)Nc1ccc3ccccc3n1)=NS2(=O)=O. The molecule has 0 radical (unpaired) electrons. The van der Waals surface area contributed by atoms with Gasteiger partial charge in [0.2, 0.25) is 11.1 Å². The molecule has 1 aliphatic heterocycles. The Morgan fingerprint density at radius 1 is 1.21 bits per heavy atom. The molecule has 0 saturated heterocycles. The van der Waals surface area contributed by atoms with Crippen LogP contribution in [-0.2, 0) is 10.0 Å². The fourth-order valence-electron chi connectivity index (χ4n) is 2.63. The molecule has 0 spiro atoms. The van der Waals surface area contributed by atoms with Crippen LogP contribution >= 0.6 is 23.4 Å². The van der Waals surface area contributed by atoms with Gasteiger partial charge in [-0.2, -0.15) is 13.4 Å². The van der Waals surface area contributed by atoms with Gasteiger partial charge in [-0.15, -0.1) is 4.40 Å². The van der Waals surface area contributed by atoms with E-state index in [-0.39, 0.29) is 16.0 Å². The second-order valence-electron chi connectivity index (χ2n) is 6.01. The highest BCUT2D eigenvalue weighted by Crippen LogP contribution is 2.37. The van der Waals surface area contributed by atoms with E-state index < -0.39 is 10.0 Å². The average Bonchev–Trinajstić information content (AvgIpc) is 2.63. The van der Waals surface area contributed by atoms with Crippen LogP contribution < -0.4 is 11.1 Å². The first-order chi connectivity index (χ1) is 13.3. The van der Waals surface area contributed by atoms with Crippen LogP contribution in [0.15, 0.2) is 67.7 Å². The van der Waals surface area contributed by atoms with Crippen molar-refractivity contribution in [2.45, 2.75) is 16.7 Å². The number of hydrogen-bond donors (Lipinski definition) is 2. The number of fused-ring (bicyclic) bond motifs is 2. The van der Waals surface area contributed by atoms with Crippen molar-refractivity contribution in [3.8, 4) is 0 Å². The van der Waals surface area contributed by atoms with Crippen LogP contribution in [0.4, 0.5) is 5.82 Å². The largest absolute Gasteiger partial charge is 0.369 e. The van der Waals surface area contributed by atoms with Crippen molar-refractivity contribution < 1.29 is 8.42 Å². The second-order valence-corrected chi connectivity index (χ2v) is 9.00. The number of halogens is 1. The summed E-state index contributed by atoms with van der Waals surface area (Å²) in [6.07, 6.45) is 0. The Morgan fingerprint density at radius 3 is 2.82 bits per heavy atom. The summed E-state index contributed by atoms with van der Waals surface area (Å²) in [5.41, 5.74) is 7.39. The average molecular weight is 432 g/mol. The third-order valence-corrected chi connectivity index (χ3v) is 6.85. The van der Waals surface area contributed by atoms with E-state index in [0.717, 1.165) is 22.7 Å². The van der Waals surface area contributed by atoms with E-state index in [1.807, 2.05) is 30.3 Å². The summed E-state index contributed by atoms with van der Waals surface area (Å²) in [6.45, 7) is 1.73. The van der Waals surface area contributed by atoms with Crippen molar-refractivity contribution in [1.82, 2.24) is 4.98 Å². The van der Waals surface area contributed by atoms with Crippen molar-refractivity contribution >= 4 is 61.2 Å². The molecule has 1 aliphatic rings. The van der Waals surface area contributed by atoms with Gasteiger partial charge in [-0.25, -0.2) is 4.98 Å². The molecule has 2 aromatic carbocycles. The van der Waals surface area contributed by atoms with Crippen LogP contribution in [0.1, 0.15) is 5.56 Å². The number of thioether (sulfide) groups is 1. The van der Waals surface area contributed by atoms with Gasteiger partial charge in [0.15, 0.2) is 0 Å². The third-order valence-electron chi connectivity index (χ3n) is 3.97. The first-order valence-electron chi connectivity index (χ1n) is 8.12. The molecule has 0 unspecified atom stereocenters. The maximum absolute atomic E-state index is 12.4. The molecule has 0 fully saturated rings. The molecular weight excluding hydrogens is 418 g/mol. The van der Waals surface area contributed by atoms with E-state index in [2.05, 4.69) is 19.7 Å². The van der Waals surface area contributed by atoms with Crippen LogP contribution in [0.5, 0.6) is 0 Å². The van der Waals surface area contributed by atoms with Gasteiger partial charge in [-0.1, -0.05) is 29.8 Å². The van der Waals surface area contributed by atoms with Crippen LogP contribution in [0.2, 0.25) is 5.02 Å². The number of anilines is 1. The van der Waals surface area contributed by atoms with Gasteiger partial charge in [0.25, 0.3) is 10.0 Å². The number of sulfonamides is 1. The fourth-order valence-corrected chi connectivity index (χ4v) is 5.40. The van der Waals surface area contributed by atoms with E-state index in [9.17, 15) is 8.42 Å². The molecule has 0 amide bonds. The Kier molecular flexibility index (Phi) is 4.74. The minimum absolute atomic E-state index is 0.00166. The Balaban J connectivity index is 1.62. The van der Waals surface area contributed by atoms with Crippen LogP contribution in [-0.4, -0.2) is 24.5 Å². The van der Waals surface area contributed by atoms with E-state index >= 15 is 0 Å². The fraction of sp³-hybridized carbons (Fsp3) is 0.0556. The maximum atomic E-state index is 12.4. The smallest absolute Gasteiger partial charge is 0.285 e. The molecule has 3 N–H and O–H groups in total. The predicted molar refractivity (Wildman–Crippen MR) is 114 cm³/mol. The Hall–Kier alpha value is -2.62. The molecule has 3 aromatic rings. The van der Waals surface area contributed by atoms with Gasteiger partial charge in [0.1, 0.15) is 10.7 Å². The summed E-state index contributed by atoms with van der Waals surface area (Å²) < 4.78 is 28.6. The normalized spacial score (nSPS) is 15.8. The summed E-state index contributed by atoms with van der Waals surface area (Å²) in [7, 11) is -3.88. The first-order valence-corrected chi connectivity index (χ1v) is 10.8. The van der Waals surface area contributed by atoms with Crippen LogP contribution in [0.25, 0.3) is 10.9 Å². The van der Waals surface area contributed by atoms with Crippen molar-refractivity contribution in [3.63, 3.8) is 0 Å². The number of hydrogen-bond acceptors (Lipinski definition) is 5. The number of aromatic nitrogens is 1. The van der Waals surface area contributed by atoms with Crippen molar-refractivity contribution in [1.29, 1.82) is 0 Å². The number of pyridine rings is 1. The molecule has 0 atom stereocenters. The molecule has 0 bridgehead atoms. The highest BCUT2D eigenvalue weighted by atomic mass is 35.5. The molecular formula is C18H14ClN5O2S2. The number of nitrogens with zero attached hydrogens (tertiary/aromatic N) is 3. The zero-order chi connectivity index (χ0) is 19.9. The lowest BCUT2D eigenvalue weighted by atomic mass is 10.2. The van der Waals surface area contributed by atoms with E-state index in [1.165, 1.54) is 6.07 Å². The lowest BCUT2D eigenvalue weighted by molar-refractivity contribution is 0.595. The highest BCUT2D eigenvalue weighted by molar-refractivity contribution is 8.15. The first kappa shape index (κ1) is 18.7. The van der Waals surface area contributed by atoms with Crippen LogP contribution in [0.3, 0.4) is 0 Å². The molecule has 1 aromatic heterocycles. The lowest BCUT2D eigenvalue weighted by Crippen LogP contribution is -2.24. The summed E-state index contributed by atoms with van der Waals surface area (Å²) in [5.74, 6) is 0.467. The minimum atomic E-state index is -3.88. The van der Waals surface area contributed by atoms with Gasteiger partial charge in [0.05, 0.1) is 5.52 Å². The number of nitrogens with two attached hydrogens (primary N) is 1. The second kappa shape index (κ2) is 7.08. The summed E-state index contributed by atoms with van der Waals surface area (Å²) in [4.78, 5) is 9.10. The molecule has 4 rings (SSSR count). The molecule has 10 heteroatoms. The number of aryl methyl sites for hydroxylation is 1. The lowest BCUT2D eigenvalue weighted by Gasteiger charge is -2.15. The van der Waals surface area contributed by atoms with Gasteiger partial charge in [-0.3, -0.25) is 0 Å². The maximum Gasteiger partial charge on any atom is 0.285 e. The van der Waals surface area contributed by atoms with Crippen molar-refractivity contribution in [3.05, 3.63) is 59.1 Å². The number of aliphatic imine (C=N–C) groups is 1. The molecule has 2 heterocycles. The van der Waals surface area contributed by atoms with Gasteiger partial charge < -0.3 is 11.1 Å². The summed E-state index contributed by atoms with van der Waals surface area (Å²) >= 11 is 7.20. The van der Waals surface area contributed by atoms with Crippen molar-refractivity contribution in [2.75, 3.05) is 5.32 Å². The number of amidine groups is 1. The van der Waals surface area contributed by atoms with E-state index in [4.69, 9.17) is 17.3 Å². The number of benzene rings is 2. The van der Waals surface area contributed by atoms with E-state index in [1.54, 1.807) is 19.1 Å². The van der Waals surface area contributed by atoms with Crippen LogP contribution in [0, 0.1) is 6.92 Å². The van der Waals surface area contributed by atoms with Gasteiger partial charge in [0, 0.05) is 15.3 Å². The molecule has 28 heavy (non-hydrogen) atoms. The molecule has 7 nitrogen and oxygen atoms in total. The zero-order valence-electron chi connectivity index (χ0n) is 14.5. The Bertz CT molecular complexity index is 1270. The molecule has 0 aliphatic carbocycles. The quantitative estimate of drug-likeness (QED) is 0.448. The predicted octanol–water partition coefficient (Wildman–Crippen LogP) is 3.77. The molecule has 0 saturated carbocycles.